The lowest BCUT2D eigenvalue weighted by molar-refractivity contribution is -0.137. The summed E-state index contributed by atoms with van der Waals surface area (Å²) in [7, 11) is 0. The third-order valence-corrected chi connectivity index (χ3v) is 7.32. The van der Waals surface area contributed by atoms with Crippen LogP contribution in [0.2, 0.25) is 0 Å². The number of fused-ring (bicyclic) bond motifs is 1. The molecular weight excluding hydrogens is 475 g/mol. The molecule has 1 saturated carbocycles. The SMILES string of the molecule is C[C@H]1COCCN1C1CN(c2nc(NC3CC(O)C3)nc3c2cnn3-c2cccc(C(F)(F)F)c2)C1. The van der Waals surface area contributed by atoms with E-state index < -0.39 is 11.7 Å². The van der Waals surface area contributed by atoms with Crippen LogP contribution in [0.5, 0.6) is 0 Å². The third-order valence-electron chi connectivity index (χ3n) is 7.32. The number of hydrogen-bond donors (Lipinski definition) is 2. The number of morpholine rings is 1. The first-order valence-electron chi connectivity index (χ1n) is 12.2. The second-order valence-electron chi connectivity index (χ2n) is 9.90. The summed E-state index contributed by atoms with van der Waals surface area (Å²) >= 11 is 0. The Balaban J connectivity index is 1.34. The topological polar surface area (TPSA) is 91.6 Å². The third kappa shape index (κ3) is 4.27. The van der Waals surface area contributed by atoms with Crippen molar-refractivity contribution in [3.05, 3.63) is 36.0 Å². The molecule has 0 unspecified atom stereocenters. The number of aromatic nitrogens is 4. The Morgan fingerprint density at radius 1 is 1.17 bits per heavy atom. The van der Waals surface area contributed by atoms with Crippen LogP contribution in [0.25, 0.3) is 16.7 Å². The molecule has 36 heavy (non-hydrogen) atoms. The number of aliphatic hydroxyl groups is 1. The maximum atomic E-state index is 13.3. The highest BCUT2D eigenvalue weighted by Crippen LogP contribution is 2.34. The lowest BCUT2D eigenvalue weighted by Crippen LogP contribution is -2.64. The predicted octanol–water partition coefficient (Wildman–Crippen LogP) is 2.68. The van der Waals surface area contributed by atoms with Gasteiger partial charge in [-0.3, -0.25) is 4.90 Å². The Bertz CT molecular complexity index is 1250. The van der Waals surface area contributed by atoms with Gasteiger partial charge in [0.25, 0.3) is 0 Å². The molecule has 2 N–H and O–H groups in total. The molecule has 3 aromatic rings. The summed E-state index contributed by atoms with van der Waals surface area (Å²) in [6.45, 7) is 6.07. The van der Waals surface area contributed by atoms with E-state index in [4.69, 9.17) is 9.72 Å². The Hall–Kier alpha value is -2.96. The average molecular weight is 504 g/mol. The molecule has 3 fully saturated rings. The molecule has 4 heterocycles. The number of ether oxygens (including phenoxy) is 1. The normalized spacial score (nSPS) is 25.6. The van der Waals surface area contributed by atoms with Gasteiger partial charge in [0.05, 0.1) is 42.2 Å². The number of benzene rings is 1. The van der Waals surface area contributed by atoms with Crippen molar-refractivity contribution in [1.29, 1.82) is 0 Å². The van der Waals surface area contributed by atoms with Crippen LogP contribution in [0.1, 0.15) is 25.3 Å². The van der Waals surface area contributed by atoms with Crippen molar-refractivity contribution >= 4 is 22.8 Å². The first-order chi connectivity index (χ1) is 17.3. The van der Waals surface area contributed by atoms with Crippen LogP contribution in [0, 0.1) is 0 Å². The van der Waals surface area contributed by atoms with E-state index in [-0.39, 0.29) is 17.8 Å². The number of aliphatic hydroxyl groups excluding tert-OH is 1. The second kappa shape index (κ2) is 8.86. The van der Waals surface area contributed by atoms with Gasteiger partial charge >= 0.3 is 6.18 Å². The molecule has 192 valence electrons. The fourth-order valence-corrected chi connectivity index (χ4v) is 5.21. The summed E-state index contributed by atoms with van der Waals surface area (Å²) in [5.74, 6) is 1.09. The molecule has 6 rings (SSSR count). The van der Waals surface area contributed by atoms with E-state index >= 15 is 0 Å². The largest absolute Gasteiger partial charge is 0.416 e. The fraction of sp³-hybridized carbons (Fsp3) is 0.542. The summed E-state index contributed by atoms with van der Waals surface area (Å²) in [4.78, 5) is 14.0. The van der Waals surface area contributed by atoms with Gasteiger partial charge in [-0.2, -0.15) is 28.2 Å². The van der Waals surface area contributed by atoms with Crippen LogP contribution in [-0.4, -0.2) is 86.8 Å². The van der Waals surface area contributed by atoms with Gasteiger partial charge in [-0.15, -0.1) is 0 Å². The van der Waals surface area contributed by atoms with Crippen molar-refractivity contribution in [3.63, 3.8) is 0 Å². The average Bonchev–Trinajstić information content (AvgIpc) is 3.22. The van der Waals surface area contributed by atoms with Gasteiger partial charge < -0.3 is 20.1 Å². The van der Waals surface area contributed by atoms with Crippen LogP contribution in [0.4, 0.5) is 24.9 Å². The minimum Gasteiger partial charge on any atom is -0.393 e. The van der Waals surface area contributed by atoms with E-state index in [1.165, 1.54) is 10.7 Å². The van der Waals surface area contributed by atoms with Crippen molar-refractivity contribution in [3.8, 4) is 5.69 Å². The zero-order valence-corrected chi connectivity index (χ0v) is 19.8. The van der Waals surface area contributed by atoms with Crippen LogP contribution in [0.3, 0.4) is 0 Å². The summed E-state index contributed by atoms with van der Waals surface area (Å²) in [6.07, 6.45) is -1.98. The van der Waals surface area contributed by atoms with Gasteiger partial charge in [0.15, 0.2) is 5.65 Å². The van der Waals surface area contributed by atoms with Crippen LogP contribution in [0.15, 0.2) is 30.5 Å². The second-order valence-corrected chi connectivity index (χ2v) is 9.90. The van der Waals surface area contributed by atoms with E-state index in [0.717, 1.165) is 45.0 Å². The summed E-state index contributed by atoms with van der Waals surface area (Å²) in [5.41, 5.74) is -0.0343. The molecule has 0 amide bonds. The minimum atomic E-state index is -4.46. The Kier molecular flexibility index (Phi) is 5.77. The van der Waals surface area contributed by atoms with Gasteiger partial charge in [0.1, 0.15) is 5.82 Å². The molecule has 0 bridgehead atoms. The number of hydrogen-bond acceptors (Lipinski definition) is 8. The van der Waals surface area contributed by atoms with E-state index in [1.54, 1.807) is 12.3 Å². The van der Waals surface area contributed by atoms with Gasteiger partial charge in [-0.25, -0.2) is 4.68 Å². The standard InChI is InChI=1S/C24H28F3N7O2/c1-14-13-36-6-5-33(14)18-11-32(12-18)21-20-10-28-34(17-4-2-3-15(7-17)24(25,26)27)22(20)31-23(30-21)29-16-8-19(35)9-16/h2-4,7,10,14,16,18-19,35H,5-6,8-9,11-13H2,1H3,(H,29,30,31)/t14-,16?,19?/m0/s1. The van der Waals surface area contributed by atoms with Crippen molar-refractivity contribution in [2.24, 2.45) is 0 Å². The number of rotatable bonds is 5. The predicted molar refractivity (Wildman–Crippen MR) is 127 cm³/mol. The molecular formula is C24H28F3N7O2. The molecule has 0 spiro atoms. The Morgan fingerprint density at radius 2 is 1.97 bits per heavy atom. The molecule has 0 radical (unpaired) electrons. The van der Waals surface area contributed by atoms with Gasteiger partial charge in [-0.1, -0.05) is 6.07 Å². The molecule has 2 aromatic heterocycles. The van der Waals surface area contributed by atoms with Crippen LogP contribution in [-0.2, 0) is 10.9 Å². The first-order valence-corrected chi connectivity index (χ1v) is 12.2. The van der Waals surface area contributed by atoms with Crippen LogP contribution < -0.4 is 10.2 Å². The lowest BCUT2D eigenvalue weighted by atomic mass is 9.90. The quantitative estimate of drug-likeness (QED) is 0.549. The number of alkyl halides is 3. The Morgan fingerprint density at radius 3 is 2.69 bits per heavy atom. The minimum absolute atomic E-state index is 0.0496. The highest BCUT2D eigenvalue weighted by Gasteiger charge is 2.38. The fourth-order valence-electron chi connectivity index (χ4n) is 5.21. The van der Waals surface area contributed by atoms with E-state index in [2.05, 4.69) is 32.1 Å². The monoisotopic (exact) mass is 503 g/mol. The molecule has 2 aliphatic heterocycles. The van der Waals surface area contributed by atoms with Crippen molar-refractivity contribution in [1.82, 2.24) is 24.6 Å². The molecule has 12 heteroatoms. The first kappa shape index (κ1) is 23.4. The molecule has 1 atom stereocenters. The van der Waals surface area contributed by atoms with Gasteiger partial charge in [0.2, 0.25) is 5.95 Å². The number of nitrogens with one attached hydrogen (secondary N) is 1. The molecule has 3 aliphatic rings. The van der Waals surface area contributed by atoms with E-state index in [1.807, 2.05) is 0 Å². The van der Waals surface area contributed by atoms with Gasteiger partial charge in [0, 0.05) is 37.8 Å². The summed E-state index contributed by atoms with van der Waals surface area (Å²) < 4.78 is 47.0. The van der Waals surface area contributed by atoms with Crippen molar-refractivity contribution in [2.75, 3.05) is 43.1 Å². The van der Waals surface area contributed by atoms with Crippen molar-refractivity contribution < 1.29 is 23.0 Å². The molecule has 9 nitrogen and oxygen atoms in total. The smallest absolute Gasteiger partial charge is 0.393 e. The molecule has 2 saturated heterocycles. The van der Waals surface area contributed by atoms with Gasteiger partial charge in [-0.05, 0) is 38.0 Å². The number of halogens is 3. The highest BCUT2D eigenvalue weighted by molar-refractivity contribution is 5.89. The van der Waals surface area contributed by atoms with Crippen LogP contribution >= 0.6 is 0 Å². The summed E-state index contributed by atoms with van der Waals surface area (Å²) in [5, 5.41) is 18.0. The zero-order chi connectivity index (χ0) is 25.0. The van der Waals surface area contributed by atoms with Crippen molar-refractivity contribution in [2.45, 2.75) is 50.2 Å². The zero-order valence-electron chi connectivity index (χ0n) is 19.8. The lowest BCUT2D eigenvalue weighted by Gasteiger charge is -2.49. The Labute approximate surface area is 205 Å². The molecule has 1 aliphatic carbocycles. The summed E-state index contributed by atoms with van der Waals surface area (Å²) in [6, 6.07) is 5.84. The number of nitrogens with zero attached hydrogens (tertiary/aromatic N) is 6. The highest BCUT2D eigenvalue weighted by atomic mass is 19.4. The van der Waals surface area contributed by atoms with E-state index in [9.17, 15) is 18.3 Å². The maximum absolute atomic E-state index is 13.3. The number of anilines is 2. The maximum Gasteiger partial charge on any atom is 0.416 e. The molecule has 1 aromatic carbocycles. The van der Waals surface area contributed by atoms with E-state index in [0.29, 0.717) is 47.7 Å².